The lowest BCUT2D eigenvalue weighted by atomic mass is 10.1. The second-order valence-corrected chi connectivity index (χ2v) is 9.50. The Hall–Kier alpha value is -3.85. The van der Waals surface area contributed by atoms with Crippen molar-refractivity contribution in [1.82, 2.24) is 9.58 Å². The molecule has 0 atom stereocenters. The van der Waals surface area contributed by atoms with Crippen LogP contribution < -0.4 is 9.47 Å². The SMILES string of the molecule is CCCC1=NN2C(=N)/C(=C/c3c(C)n(CCOc4ccc(OC)cc4)c4ccccc34)C(=O)N=C2S1. The predicted octanol–water partition coefficient (Wildman–Crippen LogP) is 5.46. The van der Waals surface area contributed by atoms with Gasteiger partial charge in [-0.3, -0.25) is 10.2 Å². The third-order valence-corrected chi connectivity index (χ3v) is 7.14. The molecule has 0 spiro atoms. The van der Waals surface area contributed by atoms with Crippen LogP contribution in [0.25, 0.3) is 17.0 Å². The van der Waals surface area contributed by atoms with Crippen LogP contribution in [-0.4, -0.2) is 45.2 Å². The van der Waals surface area contributed by atoms with Crippen LogP contribution in [0.1, 0.15) is 31.0 Å². The van der Waals surface area contributed by atoms with E-state index in [2.05, 4.69) is 27.7 Å². The molecule has 0 bridgehead atoms. The van der Waals surface area contributed by atoms with Gasteiger partial charge in [0.25, 0.3) is 5.91 Å². The molecule has 1 amide bonds. The Labute approximate surface area is 213 Å². The lowest BCUT2D eigenvalue weighted by molar-refractivity contribution is -0.114. The number of rotatable bonds is 8. The third kappa shape index (κ3) is 4.42. The number of methoxy groups -OCH3 is 1. The molecule has 1 N–H and O–H groups in total. The highest BCUT2D eigenvalue weighted by Crippen LogP contribution is 2.32. The second kappa shape index (κ2) is 10.0. The summed E-state index contributed by atoms with van der Waals surface area (Å²) in [5.41, 5.74) is 3.16. The van der Waals surface area contributed by atoms with Gasteiger partial charge in [-0.15, -0.1) is 0 Å². The predicted molar refractivity (Wildman–Crippen MR) is 145 cm³/mol. The smallest absolute Gasteiger partial charge is 0.283 e. The number of carbonyl (C=O) groups is 1. The van der Waals surface area contributed by atoms with Crippen LogP contribution in [-0.2, 0) is 11.3 Å². The number of amidine groups is 2. The number of hydrazone groups is 1. The number of ether oxygens (including phenoxy) is 2. The van der Waals surface area contributed by atoms with E-state index in [0.717, 1.165) is 51.5 Å². The maximum absolute atomic E-state index is 12.9. The Morgan fingerprint density at radius 1 is 1.11 bits per heavy atom. The van der Waals surface area contributed by atoms with Gasteiger partial charge in [-0.1, -0.05) is 25.1 Å². The molecule has 1 aromatic heterocycles. The summed E-state index contributed by atoms with van der Waals surface area (Å²) in [5, 5.41) is 17.0. The van der Waals surface area contributed by atoms with E-state index in [9.17, 15) is 4.79 Å². The summed E-state index contributed by atoms with van der Waals surface area (Å²) < 4.78 is 13.3. The number of hydrogen-bond donors (Lipinski definition) is 1. The number of carbonyl (C=O) groups excluding carboxylic acids is 1. The molecule has 184 valence electrons. The van der Waals surface area contributed by atoms with E-state index in [0.29, 0.717) is 18.3 Å². The molecule has 9 heteroatoms. The van der Waals surface area contributed by atoms with Crippen molar-refractivity contribution in [1.29, 1.82) is 5.41 Å². The zero-order chi connectivity index (χ0) is 25.2. The number of amides is 1. The van der Waals surface area contributed by atoms with E-state index in [-0.39, 0.29) is 11.4 Å². The van der Waals surface area contributed by atoms with Crippen LogP contribution in [0, 0.1) is 12.3 Å². The Morgan fingerprint density at radius 3 is 2.61 bits per heavy atom. The van der Waals surface area contributed by atoms with Gasteiger partial charge in [-0.25, -0.2) is 0 Å². The van der Waals surface area contributed by atoms with Crippen LogP contribution in [0.5, 0.6) is 11.5 Å². The molecule has 0 unspecified atom stereocenters. The number of para-hydroxylation sites is 1. The Balaban J connectivity index is 1.44. The molecule has 2 aliphatic rings. The number of aliphatic imine (C=N–C) groups is 1. The molecule has 8 nitrogen and oxygen atoms in total. The molecule has 0 radical (unpaired) electrons. The van der Waals surface area contributed by atoms with Crippen molar-refractivity contribution in [2.75, 3.05) is 13.7 Å². The van der Waals surface area contributed by atoms with Crippen molar-refractivity contribution in [3.63, 3.8) is 0 Å². The first-order valence-corrected chi connectivity index (χ1v) is 12.7. The molecule has 2 aromatic carbocycles. The van der Waals surface area contributed by atoms with Gasteiger partial charge in [0.2, 0.25) is 5.17 Å². The van der Waals surface area contributed by atoms with E-state index in [1.54, 1.807) is 13.2 Å². The summed E-state index contributed by atoms with van der Waals surface area (Å²) in [6, 6.07) is 15.6. The van der Waals surface area contributed by atoms with E-state index in [1.807, 2.05) is 49.4 Å². The van der Waals surface area contributed by atoms with Gasteiger partial charge < -0.3 is 14.0 Å². The number of aromatic nitrogens is 1. The first-order valence-electron chi connectivity index (χ1n) is 11.8. The molecule has 36 heavy (non-hydrogen) atoms. The van der Waals surface area contributed by atoms with Crippen LogP contribution in [0.15, 0.2) is 64.2 Å². The van der Waals surface area contributed by atoms with Crippen molar-refractivity contribution < 1.29 is 14.3 Å². The van der Waals surface area contributed by atoms with Crippen molar-refractivity contribution in [2.45, 2.75) is 33.2 Å². The molecular weight excluding hydrogens is 474 g/mol. The van der Waals surface area contributed by atoms with E-state index < -0.39 is 5.91 Å². The fraction of sp³-hybridized carbons (Fsp3) is 0.259. The average molecular weight is 502 g/mol. The standard InChI is InChI=1S/C27H27N5O3S/c1-4-7-24-30-32-25(28)22(26(33)29-27(32)36-24)16-21-17(2)31(23-9-6-5-8-20(21)23)14-15-35-19-12-10-18(34-3)11-13-19/h5-6,8-13,16,28H,4,7,14-15H2,1-3H3/b22-16-,28-25?. The van der Waals surface area contributed by atoms with Gasteiger partial charge in [0.05, 0.1) is 19.2 Å². The quantitative estimate of drug-likeness (QED) is 0.414. The minimum Gasteiger partial charge on any atom is -0.497 e. The number of benzene rings is 2. The van der Waals surface area contributed by atoms with E-state index >= 15 is 0 Å². The average Bonchev–Trinajstić information content (AvgIpc) is 3.41. The lowest BCUT2D eigenvalue weighted by Gasteiger charge is -2.20. The van der Waals surface area contributed by atoms with Gasteiger partial charge >= 0.3 is 0 Å². The zero-order valence-corrected chi connectivity index (χ0v) is 21.3. The maximum Gasteiger partial charge on any atom is 0.283 e. The highest BCUT2D eigenvalue weighted by atomic mass is 32.2. The zero-order valence-electron chi connectivity index (χ0n) is 20.4. The number of thioether (sulfide) groups is 1. The first-order chi connectivity index (χ1) is 17.5. The highest BCUT2D eigenvalue weighted by Gasteiger charge is 2.35. The number of hydrogen-bond acceptors (Lipinski definition) is 6. The maximum atomic E-state index is 12.9. The van der Waals surface area contributed by atoms with Crippen LogP contribution in [0.4, 0.5) is 0 Å². The van der Waals surface area contributed by atoms with Gasteiger partial charge in [-0.2, -0.15) is 15.1 Å². The summed E-state index contributed by atoms with van der Waals surface area (Å²) >= 11 is 1.37. The molecule has 0 aliphatic carbocycles. The normalized spacial score (nSPS) is 16.4. The van der Waals surface area contributed by atoms with Gasteiger partial charge in [0.1, 0.15) is 23.1 Å². The summed E-state index contributed by atoms with van der Waals surface area (Å²) in [7, 11) is 1.64. The third-order valence-electron chi connectivity index (χ3n) is 6.17. The van der Waals surface area contributed by atoms with Gasteiger partial charge in [0.15, 0.2) is 5.84 Å². The molecular formula is C27H27N5O3S. The van der Waals surface area contributed by atoms with Crippen molar-refractivity contribution in [3.05, 3.63) is 65.4 Å². The Morgan fingerprint density at radius 2 is 1.86 bits per heavy atom. The lowest BCUT2D eigenvalue weighted by Crippen LogP contribution is -2.35. The van der Waals surface area contributed by atoms with Gasteiger partial charge in [-0.05, 0) is 67.9 Å². The van der Waals surface area contributed by atoms with Crippen molar-refractivity contribution in [3.8, 4) is 11.5 Å². The van der Waals surface area contributed by atoms with Crippen LogP contribution in [0.3, 0.4) is 0 Å². The molecule has 5 rings (SSSR count). The van der Waals surface area contributed by atoms with Crippen molar-refractivity contribution >= 4 is 50.7 Å². The summed E-state index contributed by atoms with van der Waals surface area (Å²) in [6.07, 6.45) is 3.52. The van der Waals surface area contributed by atoms with Crippen LogP contribution in [0.2, 0.25) is 0 Å². The highest BCUT2D eigenvalue weighted by molar-refractivity contribution is 8.26. The first kappa shape index (κ1) is 23.9. The second-order valence-electron chi connectivity index (χ2n) is 8.46. The summed E-state index contributed by atoms with van der Waals surface area (Å²) in [5.74, 6) is 1.20. The monoisotopic (exact) mass is 501 g/mol. The number of fused-ring (bicyclic) bond motifs is 2. The topological polar surface area (TPSA) is 92.3 Å². The Kier molecular flexibility index (Phi) is 6.65. The minimum absolute atomic E-state index is 0.0580. The molecule has 0 saturated carbocycles. The molecule has 0 fully saturated rings. The van der Waals surface area contributed by atoms with Crippen LogP contribution >= 0.6 is 11.8 Å². The molecule has 0 saturated heterocycles. The Bertz CT molecular complexity index is 1440. The fourth-order valence-electron chi connectivity index (χ4n) is 4.35. The molecule has 3 aromatic rings. The molecule has 2 aliphatic heterocycles. The van der Waals surface area contributed by atoms with E-state index in [4.69, 9.17) is 14.9 Å². The minimum atomic E-state index is -0.411. The van der Waals surface area contributed by atoms with Gasteiger partial charge in [0, 0.05) is 22.2 Å². The number of nitrogens with zero attached hydrogens (tertiary/aromatic N) is 4. The largest absolute Gasteiger partial charge is 0.497 e. The van der Waals surface area contributed by atoms with Crippen molar-refractivity contribution in [2.24, 2.45) is 10.1 Å². The fourth-order valence-corrected chi connectivity index (χ4v) is 5.33. The summed E-state index contributed by atoms with van der Waals surface area (Å²) in [4.78, 5) is 17.1. The van der Waals surface area contributed by atoms with E-state index in [1.165, 1.54) is 16.8 Å². The summed E-state index contributed by atoms with van der Waals surface area (Å²) in [6.45, 7) is 5.20. The number of nitrogens with one attached hydrogen (secondary N) is 1. The molecule has 3 heterocycles.